The minimum Gasteiger partial charge on any atom is -0.435 e. The molecule has 2 rings (SSSR count). The highest BCUT2D eigenvalue weighted by Gasteiger charge is 2.49. The lowest BCUT2D eigenvalue weighted by atomic mass is 10.00. The molecule has 1 heterocycles. The van der Waals surface area contributed by atoms with Crippen LogP contribution in [-0.4, -0.2) is 25.2 Å². The fourth-order valence-corrected chi connectivity index (χ4v) is 2.36. The van der Waals surface area contributed by atoms with Gasteiger partial charge in [-0.1, -0.05) is 25.7 Å². The summed E-state index contributed by atoms with van der Waals surface area (Å²) in [4.78, 5) is 11.2. The van der Waals surface area contributed by atoms with Crippen LogP contribution < -0.4 is 0 Å². The van der Waals surface area contributed by atoms with Crippen molar-refractivity contribution >= 4 is 6.16 Å². The highest BCUT2D eigenvalue weighted by molar-refractivity contribution is 5.60. The monoisotopic (exact) mass is 228 g/mol. The summed E-state index contributed by atoms with van der Waals surface area (Å²) >= 11 is 0. The maximum atomic E-state index is 11.2. The van der Waals surface area contributed by atoms with Gasteiger partial charge in [-0.3, -0.25) is 0 Å². The lowest BCUT2D eigenvalue weighted by Crippen LogP contribution is -2.22. The van der Waals surface area contributed by atoms with Crippen LogP contribution in [0.4, 0.5) is 4.79 Å². The fraction of sp³-hybridized carbons (Fsp3) is 0.917. The van der Waals surface area contributed by atoms with Crippen LogP contribution in [0, 0.1) is 5.92 Å². The third-order valence-corrected chi connectivity index (χ3v) is 3.41. The second-order valence-electron chi connectivity index (χ2n) is 4.67. The number of rotatable bonds is 5. The van der Waals surface area contributed by atoms with E-state index in [4.69, 9.17) is 14.2 Å². The molecule has 4 heteroatoms. The molecule has 2 fully saturated rings. The Balaban J connectivity index is 1.69. The average molecular weight is 228 g/mol. The zero-order valence-electron chi connectivity index (χ0n) is 9.87. The van der Waals surface area contributed by atoms with Crippen molar-refractivity contribution in [2.75, 3.05) is 13.2 Å². The van der Waals surface area contributed by atoms with E-state index in [1.807, 2.05) is 0 Å². The van der Waals surface area contributed by atoms with Gasteiger partial charge in [0.05, 0.1) is 6.61 Å². The van der Waals surface area contributed by atoms with Crippen LogP contribution in [0.2, 0.25) is 0 Å². The average Bonchev–Trinajstić information content (AvgIpc) is 2.80. The standard InChI is InChI=1S/C12H20O4/c1-2-14-11(13)16-12(9-15-12)8-7-10-5-3-4-6-10/h10H,2-9H2,1H3. The molecule has 0 aromatic rings. The molecule has 2 aliphatic rings. The number of carbonyl (C=O) groups excluding carboxylic acids is 1. The molecule has 1 aliphatic carbocycles. The number of carbonyl (C=O) groups is 1. The second-order valence-corrected chi connectivity index (χ2v) is 4.67. The molecule has 0 aromatic heterocycles. The Kier molecular flexibility index (Phi) is 3.69. The van der Waals surface area contributed by atoms with E-state index >= 15 is 0 Å². The third kappa shape index (κ3) is 3.11. The van der Waals surface area contributed by atoms with Crippen LogP contribution in [0.25, 0.3) is 0 Å². The Bertz CT molecular complexity index is 241. The molecule has 0 spiro atoms. The largest absolute Gasteiger partial charge is 0.510 e. The third-order valence-electron chi connectivity index (χ3n) is 3.41. The van der Waals surface area contributed by atoms with Crippen molar-refractivity contribution in [2.24, 2.45) is 5.92 Å². The molecule has 1 aliphatic heterocycles. The van der Waals surface area contributed by atoms with E-state index in [0.717, 1.165) is 18.8 Å². The topological polar surface area (TPSA) is 48.1 Å². The van der Waals surface area contributed by atoms with E-state index in [2.05, 4.69) is 0 Å². The molecule has 16 heavy (non-hydrogen) atoms. The fourth-order valence-electron chi connectivity index (χ4n) is 2.36. The van der Waals surface area contributed by atoms with Crippen LogP contribution in [0.5, 0.6) is 0 Å². The van der Waals surface area contributed by atoms with Gasteiger partial charge in [-0.2, -0.15) is 0 Å². The van der Waals surface area contributed by atoms with Crippen molar-refractivity contribution in [3.63, 3.8) is 0 Å². The molecule has 1 atom stereocenters. The van der Waals surface area contributed by atoms with E-state index in [1.165, 1.54) is 25.7 Å². The summed E-state index contributed by atoms with van der Waals surface area (Å²) in [7, 11) is 0. The lowest BCUT2D eigenvalue weighted by Gasteiger charge is -2.15. The van der Waals surface area contributed by atoms with Gasteiger partial charge in [0.15, 0.2) is 0 Å². The molecule has 0 N–H and O–H groups in total. The molecule has 92 valence electrons. The number of ether oxygens (including phenoxy) is 3. The van der Waals surface area contributed by atoms with Gasteiger partial charge >= 0.3 is 6.16 Å². The van der Waals surface area contributed by atoms with E-state index in [-0.39, 0.29) is 0 Å². The quantitative estimate of drug-likeness (QED) is 0.536. The lowest BCUT2D eigenvalue weighted by molar-refractivity contribution is -0.0396. The summed E-state index contributed by atoms with van der Waals surface area (Å²) < 4.78 is 15.2. The highest BCUT2D eigenvalue weighted by Crippen LogP contribution is 2.38. The minimum atomic E-state index is -0.644. The summed E-state index contributed by atoms with van der Waals surface area (Å²) in [5, 5.41) is 0. The van der Waals surface area contributed by atoms with E-state index in [1.54, 1.807) is 6.92 Å². The molecule has 0 radical (unpaired) electrons. The van der Waals surface area contributed by atoms with Crippen molar-refractivity contribution < 1.29 is 19.0 Å². The Morgan fingerprint density at radius 3 is 2.69 bits per heavy atom. The summed E-state index contributed by atoms with van der Waals surface area (Å²) in [6.45, 7) is 2.64. The van der Waals surface area contributed by atoms with E-state index in [9.17, 15) is 4.79 Å². The summed E-state index contributed by atoms with van der Waals surface area (Å²) in [6, 6.07) is 0. The zero-order chi connectivity index (χ0) is 11.4. The molecular formula is C12H20O4. The van der Waals surface area contributed by atoms with Crippen molar-refractivity contribution in [2.45, 2.75) is 51.2 Å². The Morgan fingerprint density at radius 2 is 2.12 bits per heavy atom. The van der Waals surface area contributed by atoms with Crippen LogP contribution in [0.1, 0.15) is 45.4 Å². The van der Waals surface area contributed by atoms with Crippen molar-refractivity contribution in [3.05, 3.63) is 0 Å². The Morgan fingerprint density at radius 1 is 1.44 bits per heavy atom. The van der Waals surface area contributed by atoms with Crippen molar-refractivity contribution in [1.82, 2.24) is 0 Å². The van der Waals surface area contributed by atoms with Gasteiger partial charge in [0.25, 0.3) is 0 Å². The van der Waals surface area contributed by atoms with Crippen molar-refractivity contribution in [3.8, 4) is 0 Å². The van der Waals surface area contributed by atoms with Crippen molar-refractivity contribution in [1.29, 1.82) is 0 Å². The normalized spacial score (nSPS) is 29.1. The second kappa shape index (κ2) is 5.04. The first-order chi connectivity index (χ1) is 7.74. The smallest absolute Gasteiger partial charge is 0.435 e. The Labute approximate surface area is 96.2 Å². The molecule has 1 saturated carbocycles. The summed E-state index contributed by atoms with van der Waals surface area (Å²) in [5.41, 5.74) is 0. The molecule has 0 aromatic carbocycles. The number of hydrogen-bond acceptors (Lipinski definition) is 4. The van der Waals surface area contributed by atoms with Gasteiger partial charge in [0, 0.05) is 6.42 Å². The molecule has 1 saturated heterocycles. The highest BCUT2D eigenvalue weighted by atomic mass is 16.8. The minimum absolute atomic E-state index is 0.345. The summed E-state index contributed by atoms with van der Waals surface area (Å²) in [5.74, 6) is 0.154. The van der Waals surface area contributed by atoms with Gasteiger partial charge in [-0.25, -0.2) is 4.79 Å². The van der Waals surface area contributed by atoms with Gasteiger partial charge < -0.3 is 14.2 Å². The van der Waals surface area contributed by atoms with Crippen LogP contribution in [0.3, 0.4) is 0 Å². The van der Waals surface area contributed by atoms with Gasteiger partial charge in [-0.15, -0.1) is 0 Å². The zero-order valence-corrected chi connectivity index (χ0v) is 9.87. The van der Waals surface area contributed by atoms with E-state index in [0.29, 0.717) is 13.2 Å². The predicted octanol–water partition coefficient (Wildman–Crippen LogP) is 2.86. The van der Waals surface area contributed by atoms with Gasteiger partial charge in [0.1, 0.15) is 6.61 Å². The molecular weight excluding hydrogens is 208 g/mol. The Hall–Kier alpha value is -0.770. The SMILES string of the molecule is CCOC(=O)OC1(CCC2CCCC2)CO1. The predicted molar refractivity (Wildman–Crippen MR) is 58.0 cm³/mol. The van der Waals surface area contributed by atoms with E-state index < -0.39 is 11.9 Å². The first kappa shape index (κ1) is 11.7. The molecule has 0 amide bonds. The van der Waals surface area contributed by atoms with Crippen LogP contribution >= 0.6 is 0 Å². The first-order valence-electron chi connectivity index (χ1n) is 6.24. The summed E-state index contributed by atoms with van der Waals surface area (Å²) in [6.07, 6.45) is 6.63. The van der Waals surface area contributed by atoms with Crippen LogP contribution in [0.15, 0.2) is 0 Å². The number of hydrogen-bond donors (Lipinski definition) is 0. The van der Waals surface area contributed by atoms with Crippen LogP contribution in [-0.2, 0) is 14.2 Å². The molecule has 4 nitrogen and oxygen atoms in total. The molecule has 1 unspecified atom stereocenters. The first-order valence-corrected chi connectivity index (χ1v) is 6.24. The maximum absolute atomic E-state index is 11.2. The van der Waals surface area contributed by atoms with Gasteiger partial charge in [0.2, 0.25) is 5.79 Å². The number of epoxide rings is 1. The van der Waals surface area contributed by atoms with Gasteiger partial charge in [-0.05, 0) is 19.3 Å². The maximum Gasteiger partial charge on any atom is 0.510 e. The molecule has 0 bridgehead atoms.